The van der Waals surface area contributed by atoms with E-state index < -0.39 is 6.23 Å². The van der Waals surface area contributed by atoms with Gasteiger partial charge in [-0.2, -0.15) is 0 Å². The summed E-state index contributed by atoms with van der Waals surface area (Å²) in [6.07, 6.45) is 0.105. The molecule has 0 aliphatic carbocycles. The SMILES string of the molecule is O=C1CCC(N2C(=O)c3ccccc3C2O)CN1. The lowest BCUT2D eigenvalue weighted by Gasteiger charge is -2.33. The molecular formula is C13H14N2O3. The van der Waals surface area contributed by atoms with E-state index in [4.69, 9.17) is 0 Å². The molecule has 3 rings (SSSR count). The van der Waals surface area contributed by atoms with Crippen LogP contribution in [0, 0.1) is 0 Å². The molecule has 5 heteroatoms. The molecular weight excluding hydrogens is 232 g/mol. The fourth-order valence-corrected chi connectivity index (χ4v) is 2.64. The highest BCUT2D eigenvalue weighted by atomic mass is 16.3. The number of hydrogen-bond donors (Lipinski definition) is 2. The van der Waals surface area contributed by atoms with Gasteiger partial charge in [-0.25, -0.2) is 0 Å². The molecule has 1 aromatic carbocycles. The number of nitrogens with zero attached hydrogens (tertiary/aromatic N) is 1. The van der Waals surface area contributed by atoms with Gasteiger partial charge in [0.25, 0.3) is 5.91 Å². The topological polar surface area (TPSA) is 69.6 Å². The molecule has 0 spiro atoms. The monoisotopic (exact) mass is 246 g/mol. The standard InChI is InChI=1S/C13H14N2O3/c16-11-6-5-8(7-14-11)15-12(17)9-3-1-2-4-10(9)13(15)18/h1-4,8,12,17H,5-7H2,(H,14,16). The Kier molecular flexibility index (Phi) is 2.56. The molecule has 2 N–H and O–H groups in total. The van der Waals surface area contributed by atoms with E-state index >= 15 is 0 Å². The average molecular weight is 246 g/mol. The van der Waals surface area contributed by atoms with Crippen LogP contribution in [0.3, 0.4) is 0 Å². The third kappa shape index (κ3) is 1.59. The van der Waals surface area contributed by atoms with E-state index in [0.29, 0.717) is 30.5 Å². The Morgan fingerprint density at radius 1 is 1.28 bits per heavy atom. The molecule has 1 saturated heterocycles. The van der Waals surface area contributed by atoms with Gasteiger partial charge in [0.1, 0.15) is 0 Å². The predicted octanol–water partition coefficient (Wildman–Crippen LogP) is 0.412. The van der Waals surface area contributed by atoms with Crippen LogP contribution in [0.1, 0.15) is 35.0 Å². The lowest BCUT2D eigenvalue weighted by molar-refractivity contribution is -0.123. The lowest BCUT2D eigenvalue weighted by Crippen LogP contribution is -2.49. The van der Waals surface area contributed by atoms with Crippen LogP contribution >= 0.6 is 0 Å². The summed E-state index contributed by atoms with van der Waals surface area (Å²) in [5, 5.41) is 13.0. The minimum atomic E-state index is -0.895. The zero-order valence-corrected chi connectivity index (χ0v) is 9.80. The van der Waals surface area contributed by atoms with E-state index in [1.807, 2.05) is 6.07 Å². The van der Waals surface area contributed by atoms with Crippen LogP contribution in [-0.4, -0.2) is 34.4 Å². The summed E-state index contributed by atoms with van der Waals surface area (Å²) in [7, 11) is 0. The van der Waals surface area contributed by atoms with Crippen LogP contribution in [0.5, 0.6) is 0 Å². The molecule has 0 saturated carbocycles. The van der Waals surface area contributed by atoms with Crippen molar-refractivity contribution in [3.8, 4) is 0 Å². The maximum Gasteiger partial charge on any atom is 0.256 e. The second-order valence-corrected chi connectivity index (χ2v) is 4.67. The molecule has 2 aliphatic rings. The predicted molar refractivity (Wildman–Crippen MR) is 63.6 cm³/mol. The van der Waals surface area contributed by atoms with Crippen molar-refractivity contribution in [2.75, 3.05) is 6.54 Å². The van der Waals surface area contributed by atoms with Gasteiger partial charge in [-0.1, -0.05) is 18.2 Å². The first-order valence-corrected chi connectivity index (χ1v) is 6.05. The number of carbonyl (C=O) groups excluding carboxylic acids is 2. The van der Waals surface area contributed by atoms with Crippen molar-refractivity contribution < 1.29 is 14.7 Å². The highest BCUT2D eigenvalue weighted by Crippen LogP contribution is 2.34. The lowest BCUT2D eigenvalue weighted by atomic mass is 10.1. The largest absolute Gasteiger partial charge is 0.369 e. The van der Waals surface area contributed by atoms with Crippen LogP contribution in [0.25, 0.3) is 0 Å². The molecule has 1 fully saturated rings. The maximum absolute atomic E-state index is 12.2. The zero-order chi connectivity index (χ0) is 12.7. The summed E-state index contributed by atoms with van der Waals surface area (Å²) in [5.41, 5.74) is 1.21. The first-order chi connectivity index (χ1) is 8.68. The Balaban J connectivity index is 1.88. The van der Waals surface area contributed by atoms with Gasteiger partial charge in [0.05, 0.1) is 6.04 Å². The third-order valence-electron chi connectivity index (χ3n) is 3.60. The van der Waals surface area contributed by atoms with Gasteiger partial charge in [-0.3, -0.25) is 9.59 Å². The number of nitrogens with one attached hydrogen (secondary N) is 1. The molecule has 18 heavy (non-hydrogen) atoms. The Hall–Kier alpha value is -1.88. The molecule has 2 amide bonds. The Morgan fingerprint density at radius 3 is 2.72 bits per heavy atom. The molecule has 0 aromatic heterocycles. The number of rotatable bonds is 1. The molecule has 2 atom stereocenters. The third-order valence-corrected chi connectivity index (χ3v) is 3.60. The highest BCUT2D eigenvalue weighted by molar-refractivity contribution is 5.99. The van der Waals surface area contributed by atoms with Crippen molar-refractivity contribution in [3.63, 3.8) is 0 Å². The molecule has 0 radical (unpaired) electrons. The van der Waals surface area contributed by atoms with Gasteiger partial charge in [0.15, 0.2) is 6.23 Å². The molecule has 2 heterocycles. The minimum absolute atomic E-state index is 0.00454. The first-order valence-electron chi connectivity index (χ1n) is 6.05. The Morgan fingerprint density at radius 2 is 2.06 bits per heavy atom. The summed E-state index contributed by atoms with van der Waals surface area (Å²) in [5.74, 6) is -0.149. The van der Waals surface area contributed by atoms with E-state index in [0.717, 1.165) is 0 Å². The normalized spacial score (nSPS) is 27.1. The molecule has 5 nitrogen and oxygen atoms in total. The van der Waals surface area contributed by atoms with Crippen molar-refractivity contribution in [3.05, 3.63) is 35.4 Å². The van der Waals surface area contributed by atoms with Crippen LogP contribution in [0.15, 0.2) is 24.3 Å². The molecule has 2 aliphatic heterocycles. The van der Waals surface area contributed by atoms with Crippen molar-refractivity contribution >= 4 is 11.8 Å². The zero-order valence-electron chi connectivity index (χ0n) is 9.80. The van der Waals surface area contributed by atoms with E-state index in [1.165, 1.54) is 4.90 Å². The number of aliphatic hydroxyl groups is 1. The van der Waals surface area contributed by atoms with Gasteiger partial charge >= 0.3 is 0 Å². The van der Waals surface area contributed by atoms with Crippen molar-refractivity contribution in [2.24, 2.45) is 0 Å². The second kappa shape index (κ2) is 4.10. The Labute approximate surface area is 104 Å². The number of piperidine rings is 1. The van der Waals surface area contributed by atoms with Crippen LogP contribution in [-0.2, 0) is 4.79 Å². The highest BCUT2D eigenvalue weighted by Gasteiger charge is 2.40. The minimum Gasteiger partial charge on any atom is -0.369 e. The van der Waals surface area contributed by atoms with Gasteiger partial charge in [0.2, 0.25) is 5.91 Å². The maximum atomic E-state index is 12.2. The summed E-state index contributed by atoms with van der Waals surface area (Å²) >= 11 is 0. The quantitative estimate of drug-likeness (QED) is 0.754. The van der Waals surface area contributed by atoms with Crippen LogP contribution in [0.2, 0.25) is 0 Å². The van der Waals surface area contributed by atoms with E-state index in [9.17, 15) is 14.7 Å². The summed E-state index contributed by atoms with van der Waals surface area (Å²) in [6, 6.07) is 6.95. The van der Waals surface area contributed by atoms with E-state index in [-0.39, 0.29) is 17.9 Å². The summed E-state index contributed by atoms with van der Waals surface area (Å²) in [6.45, 7) is 0.412. The molecule has 2 unspecified atom stereocenters. The smallest absolute Gasteiger partial charge is 0.256 e. The average Bonchev–Trinajstić information content (AvgIpc) is 2.64. The molecule has 94 valence electrons. The van der Waals surface area contributed by atoms with Crippen molar-refractivity contribution in [1.82, 2.24) is 10.2 Å². The second-order valence-electron chi connectivity index (χ2n) is 4.67. The number of hydrogen-bond acceptors (Lipinski definition) is 3. The van der Waals surface area contributed by atoms with Crippen molar-refractivity contribution in [1.29, 1.82) is 0 Å². The first kappa shape index (κ1) is 11.2. The van der Waals surface area contributed by atoms with Gasteiger partial charge in [0, 0.05) is 24.1 Å². The summed E-state index contributed by atoms with van der Waals surface area (Å²) < 4.78 is 0. The summed E-state index contributed by atoms with van der Waals surface area (Å²) in [4.78, 5) is 24.8. The number of aliphatic hydroxyl groups excluding tert-OH is 1. The fourth-order valence-electron chi connectivity index (χ4n) is 2.64. The molecule has 1 aromatic rings. The number of benzene rings is 1. The van der Waals surface area contributed by atoms with E-state index in [2.05, 4.69) is 5.32 Å². The van der Waals surface area contributed by atoms with Crippen LogP contribution in [0.4, 0.5) is 0 Å². The van der Waals surface area contributed by atoms with Crippen LogP contribution < -0.4 is 5.32 Å². The number of fused-ring (bicyclic) bond motifs is 1. The van der Waals surface area contributed by atoms with Gasteiger partial charge in [-0.15, -0.1) is 0 Å². The fraction of sp³-hybridized carbons (Fsp3) is 0.385. The number of carbonyl (C=O) groups is 2. The van der Waals surface area contributed by atoms with Crippen molar-refractivity contribution in [2.45, 2.75) is 25.1 Å². The van der Waals surface area contributed by atoms with E-state index in [1.54, 1.807) is 18.2 Å². The van der Waals surface area contributed by atoms with Gasteiger partial charge in [-0.05, 0) is 12.5 Å². The molecule has 0 bridgehead atoms. The van der Waals surface area contributed by atoms with Gasteiger partial charge < -0.3 is 15.3 Å². The number of amides is 2. The Bertz CT molecular complexity index is 505.